The highest BCUT2D eigenvalue weighted by Crippen LogP contribution is 2.34. The average molecular weight is 452 g/mol. The highest BCUT2D eigenvalue weighted by molar-refractivity contribution is 5.80. The lowest BCUT2D eigenvalue weighted by atomic mass is 9.99. The lowest BCUT2D eigenvalue weighted by Gasteiger charge is -2.39. The zero-order valence-corrected chi connectivity index (χ0v) is 17.7. The Morgan fingerprint density at radius 1 is 1.06 bits per heavy atom. The van der Waals surface area contributed by atoms with Crippen molar-refractivity contribution in [1.29, 1.82) is 0 Å². The molecule has 1 aliphatic rings. The first kappa shape index (κ1) is 24.0. The Morgan fingerprint density at radius 3 is 2.59 bits per heavy atom. The predicted octanol–water partition coefficient (Wildman–Crippen LogP) is 1.20. The first-order valence-electron chi connectivity index (χ1n) is 10.6. The van der Waals surface area contributed by atoms with Crippen LogP contribution in [0.2, 0.25) is 0 Å². The van der Waals surface area contributed by atoms with E-state index in [2.05, 4.69) is 6.92 Å². The van der Waals surface area contributed by atoms with Gasteiger partial charge in [0, 0.05) is 23.9 Å². The third kappa shape index (κ3) is 5.77. The average Bonchev–Trinajstić information content (AvgIpc) is 2.76. The van der Waals surface area contributed by atoms with Crippen LogP contribution in [0, 0.1) is 0 Å². The van der Waals surface area contributed by atoms with Crippen LogP contribution in [0.15, 0.2) is 33.5 Å². The molecule has 1 aromatic carbocycles. The standard InChI is InChI=1S/C22H28O10/c1-2-3-4-5-6-17(24)29-11-16-19(26)20(27)21(28)22(32-16)31-15-9-12-7-8-18(25)30-14(12)10-13(15)23/h7-10,16,19-23,26-28H,2-6,11H2,1H3/t16-,19-,20+,21-,22+/m1/s1. The van der Waals surface area contributed by atoms with E-state index >= 15 is 0 Å². The highest BCUT2D eigenvalue weighted by Gasteiger charge is 2.45. The number of hydrogen-bond donors (Lipinski definition) is 4. The lowest BCUT2D eigenvalue weighted by molar-refractivity contribution is -0.278. The van der Waals surface area contributed by atoms with Gasteiger partial charge < -0.3 is 39.1 Å². The molecule has 10 nitrogen and oxygen atoms in total. The largest absolute Gasteiger partial charge is 0.504 e. The van der Waals surface area contributed by atoms with Crippen molar-refractivity contribution in [3.05, 3.63) is 34.7 Å². The molecule has 0 radical (unpaired) electrons. The monoisotopic (exact) mass is 452 g/mol. The summed E-state index contributed by atoms with van der Waals surface area (Å²) in [7, 11) is 0. The van der Waals surface area contributed by atoms with Gasteiger partial charge in [0.05, 0.1) is 0 Å². The van der Waals surface area contributed by atoms with Crippen molar-refractivity contribution in [2.75, 3.05) is 6.61 Å². The van der Waals surface area contributed by atoms with Crippen LogP contribution >= 0.6 is 0 Å². The number of rotatable bonds is 9. The molecule has 5 atom stereocenters. The van der Waals surface area contributed by atoms with E-state index in [4.69, 9.17) is 18.6 Å². The minimum absolute atomic E-state index is 0.106. The van der Waals surface area contributed by atoms with Gasteiger partial charge in [-0.2, -0.15) is 0 Å². The number of esters is 1. The number of carbonyl (C=O) groups is 1. The number of carbonyl (C=O) groups excluding carboxylic acids is 1. The smallest absolute Gasteiger partial charge is 0.336 e. The summed E-state index contributed by atoms with van der Waals surface area (Å²) in [6.45, 7) is 1.72. The summed E-state index contributed by atoms with van der Waals surface area (Å²) in [5, 5.41) is 41.3. The molecule has 1 aliphatic heterocycles. The third-order valence-electron chi connectivity index (χ3n) is 5.26. The van der Waals surface area contributed by atoms with Crippen LogP contribution in [-0.4, -0.2) is 63.7 Å². The van der Waals surface area contributed by atoms with Gasteiger partial charge in [-0.1, -0.05) is 26.2 Å². The molecule has 32 heavy (non-hydrogen) atoms. The van der Waals surface area contributed by atoms with E-state index in [0.717, 1.165) is 19.3 Å². The number of unbranched alkanes of at least 4 members (excludes halogenated alkanes) is 3. The lowest BCUT2D eigenvalue weighted by Crippen LogP contribution is -2.60. The van der Waals surface area contributed by atoms with Gasteiger partial charge in [0.2, 0.25) is 6.29 Å². The van der Waals surface area contributed by atoms with Crippen molar-refractivity contribution in [2.45, 2.75) is 69.7 Å². The van der Waals surface area contributed by atoms with Crippen LogP contribution in [0.4, 0.5) is 0 Å². The van der Waals surface area contributed by atoms with Crippen LogP contribution in [0.5, 0.6) is 11.5 Å². The quantitative estimate of drug-likeness (QED) is 0.248. The number of aromatic hydroxyl groups is 1. The number of aliphatic hydroxyl groups excluding tert-OH is 3. The number of fused-ring (bicyclic) bond motifs is 1. The molecule has 2 aromatic rings. The summed E-state index contributed by atoms with van der Waals surface area (Å²) >= 11 is 0. The number of benzene rings is 1. The molecule has 10 heteroatoms. The van der Waals surface area contributed by atoms with Crippen LogP contribution in [-0.2, 0) is 14.3 Å². The van der Waals surface area contributed by atoms with Crippen LogP contribution in [0.3, 0.4) is 0 Å². The van der Waals surface area contributed by atoms with E-state index in [1.165, 1.54) is 24.3 Å². The zero-order valence-electron chi connectivity index (χ0n) is 17.7. The van der Waals surface area contributed by atoms with E-state index in [1.807, 2.05) is 0 Å². The minimum atomic E-state index is -1.64. The second-order valence-electron chi connectivity index (χ2n) is 7.74. The van der Waals surface area contributed by atoms with Crippen molar-refractivity contribution in [3.63, 3.8) is 0 Å². The van der Waals surface area contributed by atoms with Gasteiger partial charge in [-0.25, -0.2) is 4.79 Å². The molecular weight excluding hydrogens is 424 g/mol. The normalized spacial score (nSPS) is 25.6. The fourth-order valence-corrected chi connectivity index (χ4v) is 3.40. The van der Waals surface area contributed by atoms with E-state index in [1.54, 1.807) is 0 Å². The van der Waals surface area contributed by atoms with Crippen molar-refractivity contribution >= 4 is 16.9 Å². The second kappa shape index (κ2) is 10.8. The molecule has 1 aromatic heterocycles. The number of aliphatic hydroxyl groups is 3. The van der Waals surface area contributed by atoms with Gasteiger partial charge in [-0.3, -0.25) is 4.79 Å². The van der Waals surface area contributed by atoms with Crippen molar-refractivity contribution in [2.24, 2.45) is 0 Å². The maximum atomic E-state index is 11.9. The summed E-state index contributed by atoms with van der Waals surface area (Å²) in [4.78, 5) is 23.2. The first-order chi connectivity index (χ1) is 15.3. The zero-order chi connectivity index (χ0) is 23.3. The summed E-state index contributed by atoms with van der Waals surface area (Å²) in [6.07, 6.45) is -3.53. The Balaban J connectivity index is 1.65. The maximum absolute atomic E-state index is 11.9. The number of hydrogen-bond acceptors (Lipinski definition) is 10. The number of phenolic OH excluding ortho intramolecular Hbond substituents is 1. The Kier molecular flexibility index (Phi) is 8.08. The summed E-state index contributed by atoms with van der Waals surface area (Å²) < 4.78 is 21.2. The van der Waals surface area contributed by atoms with E-state index in [0.29, 0.717) is 11.8 Å². The van der Waals surface area contributed by atoms with Crippen LogP contribution in [0.1, 0.15) is 39.0 Å². The topological polar surface area (TPSA) is 156 Å². The van der Waals surface area contributed by atoms with Gasteiger partial charge in [-0.05, 0) is 18.6 Å². The Morgan fingerprint density at radius 2 is 1.84 bits per heavy atom. The highest BCUT2D eigenvalue weighted by atomic mass is 16.7. The molecule has 1 fully saturated rings. The summed E-state index contributed by atoms with van der Waals surface area (Å²) in [5.41, 5.74) is -0.455. The van der Waals surface area contributed by atoms with Gasteiger partial charge in [0.15, 0.2) is 11.5 Å². The molecule has 0 saturated carbocycles. The molecule has 0 spiro atoms. The van der Waals surface area contributed by atoms with E-state index < -0.39 is 48.1 Å². The van der Waals surface area contributed by atoms with Gasteiger partial charge >= 0.3 is 11.6 Å². The van der Waals surface area contributed by atoms with Crippen molar-refractivity contribution < 1.29 is 43.8 Å². The maximum Gasteiger partial charge on any atom is 0.336 e. The molecule has 0 amide bonds. The molecule has 176 valence electrons. The molecule has 0 aliphatic carbocycles. The minimum Gasteiger partial charge on any atom is -0.504 e. The number of ether oxygens (including phenoxy) is 3. The molecular formula is C22H28O10. The second-order valence-corrected chi connectivity index (χ2v) is 7.74. The fourth-order valence-electron chi connectivity index (χ4n) is 3.40. The Labute approximate surface area is 183 Å². The van der Waals surface area contributed by atoms with Crippen LogP contribution < -0.4 is 10.4 Å². The van der Waals surface area contributed by atoms with Crippen molar-refractivity contribution in [1.82, 2.24) is 0 Å². The van der Waals surface area contributed by atoms with Crippen molar-refractivity contribution in [3.8, 4) is 11.5 Å². The Hall–Kier alpha value is -2.66. The van der Waals surface area contributed by atoms with E-state index in [-0.39, 0.29) is 24.4 Å². The van der Waals surface area contributed by atoms with Gasteiger partial charge in [-0.15, -0.1) is 0 Å². The Bertz CT molecular complexity index is 971. The fraction of sp³-hybridized carbons (Fsp3) is 0.545. The molecule has 1 saturated heterocycles. The van der Waals surface area contributed by atoms with Gasteiger partial charge in [0.1, 0.15) is 36.6 Å². The van der Waals surface area contributed by atoms with Gasteiger partial charge in [0.25, 0.3) is 0 Å². The summed E-state index contributed by atoms with van der Waals surface area (Å²) in [5.74, 6) is -0.951. The predicted molar refractivity (Wildman–Crippen MR) is 111 cm³/mol. The van der Waals surface area contributed by atoms with Crippen LogP contribution in [0.25, 0.3) is 11.0 Å². The molecule has 0 bridgehead atoms. The molecule has 0 unspecified atom stereocenters. The summed E-state index contributed by atoms with van der Waals surface area (Å²) in [6, 6.07) is 5.20. The molecule has 4 N–H and O–H groups in total. The SMILES string of the molecule is CCCCCCC(=O)OC[C@H]1O[C@H](Oc2cc3ccc(=O)oc3cc2O)[C@H](O)[C@@H](O)[C@@H]1O. The molecule has 3 rings (SSSR count). The first-order valence-corrected chi connectivity index (χ1v) is 10.6. The number of phenols is 1. The van der Waals surface area contributed by atoms with E-state index in [9.17, 15) is 30.0 Å². The third-order valence-corrected chi connectivity index (χ3v) is 5.26. The molecule has 2 heterocycles.